The predicted molar refractivity (Wildman–Crippen MR) is 143 cm³/mol. The molecule has 5 aliphatic rings. The van der Waals surface area contributed by atoms with Crippen molar-refractivity contribution in [1.29, 1.82) is 0 Å². The summed E-state index contributed by atoms with van der Waals surface area (Å²) in [7, 11) is 1.74. The van der Waals surface area contributed by atoms with Crippen LogP contribution in [0.1, 0.15) is 59.9 Å². The number of amides is 1. The van der Waals surface area contributed by atoms with Crippen molar-refractivity contribution in [3.8, 4) is 23.3 Å². The molecule has 40 heavy (non-hydrogen) atoms. The van der Waals surface area contributed by atoms with Crippen molar-refractivity contribution in [2.45, 2.75) is 75.2 Å². The number of likely N-dealkylation sites (N-methyl/N-ethyl adjacent to an activating group) is 1. The number of likely N-dealkylation sites (tertiary alicyclic amines) is 1. The van der Waals surface area contributed by atoms with Crippen molar-refractivity contribution >= 4 is 5.91 Å². The molecule has 210 valence electrons. The monoisotopic (exact) mass is 550 g/mol. The van der Waals surface area contributed by atoms with Crippen LogP contribution in [0.15, 0.2) is 30.3 Å². The summed E-state index contributed by atoms with van der Waals surface area (Å²) in [6.45, 7) is 4.22. The summed E-state index contributed by atoms with van der Waals surface area (Å²) >= 11 is 0. The summed E-state index contributed by atoms with van der Waals surface area (Å²) in [6.07, 6.45) is 1.60. The van der Waals surface area contributed by atoms with Crippen molar-refractivity contribution in [1.82, 2.24) is 9.80 Å². The Hall–Kier alpha value is -3.18. The van der Waals surface area contributed by atoms with Crippen LogP contribution in [-0.4, -0.2) is 59.1 Å². The maximum absolute atomic E-state index is 13.3. The maximum atomic E-state index is 13.3. The molecule has 2 saturated carbocycles. The minimum absolute atomic E-state index is 0.174. The number of halogens is 3. The van der Waals surface area contributed by atoms with E-state index in [-0.39, 0.29) is 23.3 Å². The fourth-order valence-electron chi connectivity index (χ4n) is 8.23. The van der Waals surface area contributed by atoms with Gasteiger partial charge in [0.15, 0.2) is 11.5 Å². The third-order valence-electron chi connectivity index (χ3n) is 10.3. The summed E-state index contributed by atoms with van der Waals surface area (Å²) in [5.74, 6) is 6.97. The quantitative estimate of drug-likeness (QED) is 0.544. The molecule has 2 aromatic rings. The van der Waals surface area contributed by atoms with Gasteiger partial charge in [0.1, 0.15) is 6.10 Å². The van der Waals surface area contributed by atoms with Crippen LogP contribution in [0.5, 0.6) is 11.5 Å². The molecule has 1 N–H and O–H groups in total. The number of carbonyl (C=O) groups is 1. The average Bonchev–Trinajstić information content (AvgIpc) is 3.67. The first-order valence-corrected chi connectivity index (χ1v) is 14.3. The molecule has 8 heteroatoms. The molecule has 2 aromatic carbocycles. The van der Waals surface area contributed by atoms with Crippen LogP contribution in [-0.2, 0) is 22.8 Å². The highest BCUT2D eigenvalue weighted by Crippen LogP contribution is 2.64. The van der Waals surface area contributed by atoms with Gasteiger partial charge in [-0.1, -0.05) is 5.92 Å². The van der Waals surface area contributed by atoms with Gasteiger partial charge < -0.3 is 14.7 Å². The fraction of sp³-hybridized carbons (Fsp3) is 0.531. The molecule has 3 aliphatic carbocycles. The van der Waals surface area contributed by atoms with E-state index in [0.717, 1.165) is 62.4 Å². The van der Waals surface area contributed by atoms with Gasteiger partial charge in [-0.05, 0) is 105 Å². The molecular formula is C32H33F3N2O3. The predicted octanol–water partition coefficient (Wildman–Crippen LogP) is 5.05. The Balaban J connectivity index is 1.20. The number of piperidine rings is 1. The molecule has 2 heterocycles. The highest BCUT2D eigenvalue weighted by Gasteiger charge is 2.66. The van der Waals surface area contributed by atoms with Gasteiger partial charge in [-0.25, -0.2) is 0 Å². The van der Waals surface area contributed by atoms with Crippen LogP contribution < -0.4 is 4.74 Å². The normalized spacial score (nSPS) is 30.1. The zero-order valence-corrected chi connectivity index (χ0v) is 22.7. The number of phenols is 1. The lowest BCUT2D eigenvalue weighted by atomic mass is 9.50. The van der Waals surface area contributed by atoms with Crippen molar-refractivity contribution in [2.75, 3.05) is 20.1 Å². The van der Waals surface area contributed by atoms with Crippen LogP contribution in [0, 0.1) is 30.6 Å². The Labute approximate surface area is 232 Å². The molecule has 1 amide bonds. The van der Waals surface area contributed by atoms with Crippen LogP contribution in [0.2, 0.25) is 0 Å². The second-order valence-corrected chi connectivity index (χ2v) is 12.4. The Kier molecular flexibility index (Phi) is 5.74. The molecule has 1 saturated heterocycles. The van der Waals surface area contributed by atoms with E-state index in [2.05, 4.69) is 23.7 Å². The fourth-order valence-corrected chi connectivity index (χ4v) is 8.23. The van der Waals surface area contributed by atoms with Crippen molar-refractivity contribution < 1.29 is 27.8 Å². The number of hydrogen-bond donors (Lipinski definition) is 1. The lowest BCUT2D eigenvalue weighted by Gasteiger charge is -2.60. The number of phenolic OH excluding ortho intramolecular Hbond substituents is 1. The third-order valence-corrected chi connectivity index (χ3v) is 10.3. The van der Waals surface area contributed by atoms with Crippen LogP contribution in [0.25, 0.3) is 0 Å². The standard InChI is InChI=1S/C32H33F3N2O3/c1-18-15-26(38)29-28-22(18)16-25-23-10-11-24(30(40-29)31(23,28)13-14-37(25)17-20-3-4-20)36(2)27(39)12-7-19-5-8-21(9-6-19)32(33,34)35/h5-6,8-9,15,20,23-25,30,38H,3-4,10-11,13-14,16-17H2,1-2H3/t23-,24+,25+,30-,31-/m0/s1. The number of hydrogen-bond acceptors (Lipinski definition) is 4. The number of aromatic hydroxyl groups is 1. The van der Waals surface area contributed by atoms with Crippen LogP contribution in [0.4, 0.5) is 13.2 Å². The zero-order chi connectivity index (χ0) is 28.0. The molecule has 3 fully saturated rings. The van der Waals surface area contributed by atoms with Gasteiger partial charge in [0.2, 0.25) is 0 Å². The minimum atomic E-state index is -4.42. The average molecular weight is 551 g/mol. The van der Waals surface area contributed by atoms with E-state index in [1.54, 1.807) is 11.9 Å². The number of alkyl halides is 3. The molecule has 0 unspecified atom stereocenters. The van der Waals surface area contributed by atoms with Gasteiger partial charge >= 0.3 is 6.18 Å². The molecule has 2 aliphatic heterocycles. The molecule has 1 spiro atoms. The number of aryl methyl sites for hydroxylation is 1. The summed E-state index contributed by atoms with van der Waals surface area (Å²) in [6, 6.07) is 6.56. The Morgan fingerprint density at radius 2 is 1.95 bits per heavy atom. The van der Waals surface area contributed by atoms with E-state index in [9.17, 15) is 23.1 Å². The number of carbonyl (C=O) groups excluding carboxylic acids is 1. The molecule has 2 bridgehead atoms. The van der Waals surface area contributed by atoms with Gasteiger partial charge in [-0.2, -0.15) is 13.2 Å². The first kappa shape index (κ1) is 25.8. The smallest absolute Gasteiger partial charge is 0.416 e. The number of benzene rings is 2. The maximum Gasteiger partial charge on any atom is 0.416 e. The van der Waals surface area contributed by atoms with Gasteiger partial charge in [-0.3, -0.25) is 9.69 Å². The molecular weight excluding hydrogens is 517 g/mol. The second-order valence-electron chi connectivity index (χ2n) is 12.4. The number of nitrogens with zero attached hydrogens (tertiary/aromatic N) is 2. The molecule has 0 radical (unpaired) electrons. The zero-order valence-electron chi connectivity index (χ0n) is 22.7. The highest BCUT2D eigenvalue weighted by atomic mass is 19.4. The second kappa shape index (κ2) is 8.91. The van der Waals surface area contributed by atoms with Gasteiger partial charge in [0.25, 0.3) is 5.91 Å². The van der Waals surface area contributed by atoms with Crippen LogP contribution in [0.3, 0.4) is 0 Å². The topological polar surface area (TPSA) is 53.0 Å². The molecule has 5 nitrogen and oxygen atoms in total. The first-order chi connectivity index (χ1) is 19.1. The van der Waals surface area contributed by atoms with Gasteiger partial charge in [0.05, 0.1) is 11.6 Å². The molecule has 5 atom stereocenters. The Bertz CT molecular complexity index is 1440. The van der Waals surface area contributed by atoms with E-state index in [1.807, 2.05) is 6.07 Å². The number of ether oxygens (including phenoxy) is 1. The van der Waals surface area contributed by atoms with Crippen LogP contribution >= 0.6 is 0 Å². The minimum Gasteiger partial charge on any atom is -0.504 e. The largest absolute Gasteiger partial charge is 0.504 e. The van der Waals surface area contributed by atoms with Gasteiger partial charge in [0, 0.05) is 42.1 Å². The SMILES string of the molecule is Cc1cc(O)c2c3c1C[C@@H]1[C@@H]4CC[C@@H](N(C)C(=O)C#Cc5ccc(C(F)(F)F)cc5)[C@H](O2)[C@]34CCN1CC1CC1. The van der Waals surface area contributed by atoms with Crippen molar-refractivity contribution in [3.63, 3.8) is 0 Å². The van der Waals surface area contributed by atoms with Gasteiger partial charge in [-0.15, -0.1) is 0 Å². The number of rotatable bonds is 3. The summed E-state index contributed by atoms with van der Waals surface area (Å²) in [5, 5.41) is 11.0. The van der Waals surface area contributed by atoms with E-state index in [0.29, 0.717) is 23.3 Å². The Morgan fingerprint density at radius 1 is 1.20 bits per heavy atom. The van der Waals surface area contributed by atoms with E-state index in [4.69, 9.17) is 4.74 Å². The lowest BCUT2D eigenvalue weighted by molar-refractivity contribution is -0.137. The molecule has 7 rings (SSSR count). The van der Waals surface area contributed by atoms with Crippen molar-refractivity contribution in [3.05, 3.63) is 58.1 Å². The first-order valence-electron chi connectivity index (χ1n) is 14.3. The van der Waals surface area contributed by atoms with E-state index < -0.39 is 17.6 Å². The third kappa shape index (κ3) is 3.84. The lowest BCUT2D eigenvalue weighted by Crippen LogP contribution is -2.69. The molecule has 0 aromatic heterocycles. The van der Waals surface area contributed by atoms with E-state index in [1.165, 1.54) is 36.1 Å². The summed E-state index contributed by atoms with van der Waals surface area (Å²) < 4.78 is 45.4. The highest BCUT2D eigenvalue weighted by molar-refractivity contribution is 5.94. The Morgan fingerprint density at radius 3 is 2.65 bits per heavy atom. The van der Waals surface area contributed by atoms with Crippen molar-refractivity contribution in [2.24, 2.45) is 11.8 Å². The summed E-state index contributed by atoms with van der Waals surface area (Å²) in [5.41, 5.74) is 2.92. The van der Waals surface area contributed by atoms with E-state index >= 15 is 0 Å². The summed E-state index contributed by atoms with van der Waals surface area (Å²) in [4.78, 5) is 17.7.